The molecule has 0 saturated carbocycles. The lowest BCUT2D eigenvalue weighted by Gasteiger charge is -2.11. The Balaban J connectivity index is 1.67. The van der Waals surface area contributed by atoms with E-state index in [1.165, 1.54) is 4.68 Å². The van der Waals surface area contributed by atoms with Gasteiger partial charge in [-0.3, -0.25) is 25.2 Å². The summed E-state index contributed by atoms with van der Waals surface area (Å²) in [7, 11) is 1.58. The maximum Gasteiger partial charge on any atom is 0.290 e. The lowest BCUT2D eigenvalue weighted by molar-refractivity contribution is -0.121. The van der Waals surface area contributed by atoms with Crippen LogP contribution in [0.2, 0.25) is 0 Å². The molecule has 8 nitrogen and oxygen atoms in total. The van der Waals surface area contributed by atoms with Gasteiger partial charge < -0.3 is 4.74 Å². The van der Waals surface area contributed by atoms with Crippen LogP contribution in [0.1, 0.15) is 29.4 Å². The quantitative estimate of drug-likeness (QED) is 0.621. The van der Waals surface area contributed by atoms with Crippen LogP contribution in [0.3, 0.4) is 0 Å². The van der Waals surface area contributed by atoms with Crippen molar-refractivity contribution in [1.29, 1.82) is 0 Å². The minimum Gasteiger partial charge on any atom is -0.497 e. The maximum absolute atomic E-state index is 12.6. The van der Waals surface area contributed by atoms with Crippen molar-refractivity contribution in [2.75, 3.05) is 7.11 Å². The molecule has 3 aromatic rings. The molecule has 0 aliphatic carbocycles. The molecular formula is C21H22N4O4. The Morgan fingerprint density at radius 3 is 2.55 bits per heavy atom. The molecule has 0 spiro atoms. The zero-order valence-corrected chi connectivity index (χ0v) is 16.3. The number of aryl methyl sites for hydroxylation is 2. The van der Waals surface area contributed by atoms with E-state index in [2.05, 4.69) is 16.0 Å². The molecule has 0 radical (unpaired) electrons. The highest BCUT2D eigenvalue weighted by Gasteiger charge is 2.16. The summed E-state index contributed by atoms with van der Waals surface area (Å²) in [5, 5.41) is 4.97. The van der Waals surface area contributed by atoms with Crippen LogP contribution in [-0.4, -0.2) is 28.7 Å². The number of benzene rings is 2. The van der Waals surface area contributed by atoms with Crippen LogP contribution < -0.4 is 21.1 Å². The minimum atomic E-state index is -0.585. The Hall–Kier alpha value is -3.68. The predicted molar refractivity (Wildman–Crippen MR) is 109 cm³/mol. The van der Waals surface area contributed by atoms with Crippen molar-refractivity contribution in [3.63, 3.8) is 0 Å². The summed E-state index contributed by atoms with van der Waals surface area (Å²) in [5.41, 5.74) is 5.55. The zero-order chi connectivity index (χ0) is 20.8. The maximum atomic E-state index is 12.6. The number of rotatable bonds is 6. The van der Waals surface area contributed by atoms with E-state index in [9.17, 15) is 14.4 Å². The number of amides is 2. The van der Waals surface area contributed by atoms with Gasteiger partial charge in [0.1, 0.15) is 5.75 Å². The molecule has 150 valence electrons. The number of hydrogen-bond donors (Lipinski definition) is 2. The molecule has 2 N–H and O–H groups in total. The molecule has 8 heteroatoms. The number of carbonyl (C=O) groups is 2. The van der Waals surface area contributed by atoms with E-state index in [1.807, 2.05) is 24.3 Å². The third-order valence-electron chi connectivity index (χ3n) is 4.47. The van der Waals surface area contributed by atoms with Crippen molar-refractivity contribution >= 4 is 22.6 Å². The Morgan fingerprint density at radius 2 is 1.83 bits per heavy atom. The largest absolute Gasteiger partial charge is 0.497 e. The summed E-state index contributed by atoms with van der Waals surface area (Å²) < 4.78 is 6.39. The first kappa shape index (κ1) is 20.1. The number of methoxy groups -OCH3 is 1. The summed E-state index contributed by atoms with van der Waals surface area (Å²) in [6.45, 7) is 2.10. The fraction of sp³-hybridized carbons (Fsp3) is 0.238. The van der Waals surface area contributed by atoms with Crippen molar-refractivity contribution in [3.8, 4) is 5.75 Å². The van der Waals surface area contributed by atoms with Gasteiger partial charge in [0.15, 0.2) is 5.69 Å². The van der Waals surface area contributed by atoms with Crippen LogP contribution in [0.15, 0.2) is 53.3 Å². The number of carbonyl (C=O) groups excluding carboxylic acids is 2. The highest BCUT2D eigenvalue weighted by Crippen LogP contribution is 2.14. The van der Waals surface area contributed by atoms with E-state index < -0.39 is 5.91 Å². The Bertz CT molecular complexity index is 1110. The third kappa shape index (κ3) is 4.60. The molecule has 2 aromatic carbocycles. The lowest BCUT2D eigenvalue weighted by Crippen LogP contribution is -2.42. The summed E-state index contributed by atoms with van der Waals surface area (Å²) >= 11 is 0. The zero-order valence-electron chi connectivity index (χ0n) is 16.3. The summed E-state index contributed by atoms with van der Waals surface area (Å²) in [4.78, 5) is 37.1. The van der Waals surface area contributed by atoms with Gasteiger partial charge in [-0.25, -0.2) is 4.68 Å². The number of fused-ring (bicyclic) bond motifs is 1. The highest BCUT2D eigenvalue weighted by atomic mass is 16.5. The Morgan fingerprint density at radius 1 is 1.07 bits per heavy atom. The van der Waals surface area contributed by atoms with Gasteiger partial charge in [-0.15, -0.1) is 0 Å². The molecule has 0 bridgehead atoms. The van der Waals surface area contributed by atoms with E-state index in [1.54, 1.807) is 38.3 Å². The second kappa shape index (κ2) is 9.01. The number of ether oxygens (including phenoxy) is 1. The molecule has 0 saturated heterocycles. The van der Waals surface area contributed by atoms with Gasteiger partial charge >= 0.3 is 0 Å². The predicted octanol–water partition coefficient (Wildman–Crippen LogP) is 1.82. The second-order valence-corrected chi connectivity index (χ2v) is 6.37. The van der Waals surface area contributed by atoms with Crippen LogP contribution in [0.5, 0.6) is 5.75 Å². The minimum absolute atomic E-state index is 0.0788. The third-order valence-corrected chi connectivity index (χ3v) is 4.47. The first-order valence-corrected chi connectivity index (χ1v) is 9.25. The Labute approximate surface area is 167 Å². The molecule has 0 unspecified atom stereocenters. The molecule has 3 rings (SSSR count). The fourth-order valence-electron chi connectivity index (χ4n) is 2.95. The summed E-state index contributed by atoms with van der Waals surface area (Å²) in [5.74, 6) is -0.201. The van der Waals surface area contributed by atoms with Crippen molar-refractivity contribution in [2.45, 2.75) is 26.3 Å². The smallest absolute Gasteiger partial charge is 0.290 e. The van der Waals surface area contributed by atoms with E-state index in [4.69, 9.17) is 4.74 Å². The number of nitrogens with zero attached hydrogens (tertiary/aromatic N) is 2. The molecule has 1 aromatic heterocycles. The van der Waals surface area contributed by atoms with E-state index >= 15 is 0 Å². The van der Waals surface area contributed by atoms with Crippen LogP contribution in [0, 0.1) is 0 Å². The van der Waals surface area contributed by atoms with E-state index in [0.29, 0.717) is 23.7 Å². The van der Waals surface area contributed by atoms with Gasteiger partial charge in [-0.05, 0) is 37.1 Å². The van der Waals surface area contributed by atoms with Crippen LogP contribution in [0.25, 0.3) is 10.8 Å². The first-order chi connectivity index (χ1) is 14.0. The molecule has 0 atom stereocenters. The van der Waals surface area contributed by atoms with E-state index in [-0.39, 0.29) is 23.6 Å². The first-order valence-electron chi connectivity index (χ1n) is 9.25. The average Bonchev–Trinajstić information content (AvgIpc) is 2.76. The lowest BCUT2D eigenvalue weighted by atomic mass is 10.1. The van der Waals surface area contributed by atoms with E-state index in [0.717, 1.165) is 11.3 Å². The number of hydrogen-bond acceptors (Lipinski definition) is 5. The van der Waals surface area contributed by atoms with Crippen molar-refractivity contribution < 1.29 is 14.3 Å². The molecular weight excluding hydrogens is 372 g/mol. The number of hydrazine groups is 1. The standard InChI is InChI=1S/C21H22N4O4/c1-3-25-21(28)17-10-5-4-9-16(17)19(24-25)20(27)23-22-18(26)12-11-14-7-6-8-15(13-14)29-2/h4-10,13H,3,11-12H2,1-2H3,(H,22,26)(H,23,27). The van der Waals surface area contributed by atoms with Gasteiger partial charge in [0.25, 0.3) is 11.5 Å². The van der Waals surface area contributed by atoms with Gasteiger partial charge in [-0.1, -0.05) is 30.3 Å². The highest BCUT2D eigenvalue weighted by molar-refractivity contribution is 6.05. The fourth-order valence-corrected chi connectivity index (χ4v) is 2.95. The summed E-state index contributed by atoms with van der Waals surface area (Å²) in [6, 6.07) is 14.2. The molecule has 0 aliphatic heterocycles. The van der Waals surface area contributed by atoms with Gasteiger partial charge in [0, 0.05) is 18.4 Å². The van der Waals surface area contributed by atoms with Crippen molar-refractivity contribution in [2.24, 2.45) is 0 Å². The average molecular weight is 394 g/mol. The summed E-state index contributed by atoms with van der Waals surface area (Å²) in [6.07, 6.45) is 0.691. The van der Waals surface area contributed by atoms with Crippen molar-refractivity contribution in [1.82, 2.24) is 20.6 Å². The molecule has 1 heterocycles. The topological polar surface area (TPSA) is 102 Å². The second-order valence-electron chi connectivity index (χ2n) is 6.37. The van der Waals surface area contributed by atoms with Crippen LogP contribution in [0.4, 0.5) is 0 Å². The molecule has 0 aliphatic rings. The number of nitrogens with one attached hydrogen (secondary N) is 2. The van der Waals surface area contributed by atoms with Gasteiger partial charge in [-0.2, -0.15) is 5.10 Å². The van der Waals surface area contributed by atoms with Crippen LogP contribution >= 0.6 is 0 Å². The van der Waals surface area contributed by atoms with Gasteiger partial charge in [0.2, 0.25) is 5.91 Å². The number of aromatic nitrogens is 2. The molecule has 0 fully saturated rings. The van der Waals surface area contributed by atoms with Crippen molar-refractivity contribution in [3.05, 3.63) is 70.1 Å². The molecule has 2 amide bonds. The van der Waals surface area contributed by atoms with Gasteiger partial charge in [0.05, 0.1) is 12.5 Å². The monoisotopic (exact) mass is 394 g/mol. The van der Waals surface area contributed by atoms with Crippen LogP contribution in [-0.2, 0) is 17.8 Å². The SMILES string of the molecule is CCn1nc(C(=O)NNC(=O)CCc2cccc(OC)c2)c2ccccc2c1=O. The molecule has 29 heavy (non-hydrogen) atoms. The Kier molecular flexibility index (Phi) is 6.23. The normalized spacial score (nSPS) is 10.6.